The Hall–Kier alpha value is -3.64. The quantitative estimate of drug-likeness (QED) is 0.565. The van der Waals surface area contributed by atoms with E-state index < -0.39 is 21.8 Å². The zero-order valence-electron chi connectivity index (χ0n) is 16.2. The Balaban J connectivity index is 1.35. The number of piperazine rings is 1. The summed E-state index contributed by atoms with van der Waals surface area (Å²) in [5.74, 6) is -0.570. The smallest absolute Gasteiger partial charge is 0.258 e. The van der Waals surface area contributed by atoms with Crippen molar-refractivity contribution in [2.45, 2.75) is 4.90 Å². The third-order valence-electron chi connectivity index (χ3n) is 5.32. The van der Waals surface area contributed by atoms with Crippen molar-refractivity contribution in [2.24, 2.45) is 0 Å². The molecule has 0 radical (unpaired) electrons. The number of amides is 2. The van der Waals surface area contributed by atoms with Crippen LogP contribution in [0, 0.1) is 0 Å². The monoisotopic (exact) mass is 439 g/mol. The van der Waals surface area contributed by atoms with E-state index in [9.17, 15) is 18.0 Å². The van der Waals surface area contributed by atoms with E-state index in [1.165, 1.54) is 22.5 Å². The van der Waals surface area contributed by atoms with Crippen LogP contribution in [-0.2, 0) is 10.0 Å². The van der Waals surface area contributed by atoms with Crippen molar-refractivity contribution in [3.63, 3.8) is 0 Å². The molecule has 0 bridgehead atoms. The van der Waals surface area contributed by atoms with Gasteiger partial charge in [-0.05, 0) is 40.8 Å². The summed E-state index contributed by atoms with van der Waals surface area (Å²) in [6, 6.07) is 13.4. The van der Waals surface area contributed by atoms with Crippen molar-refractivity contribution in [3.8, 4) is 5.69 Å². The molecular formula is C19H17N7O4S. The number of tetrazole rings is 1. The van der Waals surface area contributed by atoms with Gasteiger partial charge in [0.15, 0.2) is 0 Å². The van der Waals surface area contributed by atoms with E-state index in [2.05, 4.69) is 20.8 Å². The zero-order chi connectivity index (χ0) is 21.6. The molecule has 3 aromatic rings. The summed E-state index contributed by atoms with van der Waals surface area (Å²) < 4.78 is 29.2. The lowest BCUT2D eigenvalue weighted by molar-refractivity contribution is 0.0879. The Labute approximate surface area is 177 Å². The molecule has 5 rings (SSSR count). The third-order valence-corrected chi connectivity index (χ3v) is 7.22. The first-order chi connectivity index (χ1) is 14.9. The van der Waals surface area contributed by atoms with Crippen LogP contribution in [0.1, 0.15) is 20.7 Å². The first-order valence-corrected chi connectivity index (χ1v) is 11.0. The van der Waals surface area contributed by atoms with E-state index in [-0.39, 0.29) is 29.1 Å². The predicted octanol–water partition coefficient (Wildman–Crippen LogP) is 0.0568. The molecular weight excluding hydrogens is 422 g/mol. The van der Waals surface area contributed by atoms with E-state index in [0.29, 0.717) is 19.0 Å². The van der Waals surface area contributed by atoms with Gasteiger partial charge in [0.2, 0.25) is 16.0 Å². The standard InChI is InChI=1S/C19H17N7O4S/c27-17-15-7-6-14(12-16(15)18(28)20-17)31(29,30)25-10-8-24(9-11-25)19-21-22-23-26(19)13-4-2-1-3-5-13/h1-7,12H,8-11H2,(H,20,27,28). The molecule has 2 aliphatic rings. The molecule has 158 valence electrons. The Kier molecular flexibility index (Phi) is 4.52. The third kappa shape index (κ3) is 3.25. The van der Waals surface area contributed by atoms with Crippen molar-refractivity contribution in [1.29, 1.82) is 0 Å². The molecule has 0 aliphatic carbocycles. The number of aromatic nitrogens is 4. The number of carbonyl (C=O) groups is 2. The summed E-state index contributed by atoms with van der Waals surface area (Å²) in [7, 11) is -3.82. The average molecular weight is 439 g/mol. The molecule has 0 saturated carbocycles. The van der Waals surface area contributed by atoms with Crippen LogP contribution in [-0.4, -0.2) is 70.9 Å². The first kappa shape index (κ1) is 19.3. The van der Waals surface area contributed by atoms with E-state index in [1.807, 2.05) is 35.2 Å². The minimum Gasteiger partial charge on any atom is -0.337 e. The lowest BCUT2D eigenvalue weighted by Gasteiger charge is -2.34. The molecule has 2 amide bonds. The maximum atomic E-state index is 13.1. The average Bonchev–Trinajstić information content (AvgIpc) is 3.39. The van der Waals surface area contributed by atoms with Gasteiger partial charge in [0.05, 0.1) is 21.7 Å². The largest absolute Gasteiger partial charge is 0.337 e. The van der Waals surface area contributed by atoms with Crippen LogP contribution in [0.25, 0.3) is 5.69 Å². The van der Waals surface area contributed by atoms with Crippen LogP contribution in [0.2, 0.25) is 0 Å². The van der Waals surface area contributed by atoms with Gasteiger partial charge in [-0.2, -0.15) is 8.99 Å². The molecule has 31 heavy (non-hydrogen) atoms. The summed E-state index contributed by atoms with van der Waals surface area (Å²) in [5, 5.41) is 14.1. The van der Waals surface area contributed by atoms with Gasteiger partial charge >= 0.3 is 0 Å². The number of carbonyl (C=O) groups excluding carboxylic acids is 2. The van der Waals surface area contributed by atoms with Crippen molar-refractivity contribution < 1.29 is 18.0 Å². The Morgan fingerprint density at radius 2 is 1.58 bits per heavy atom. The molecule has 1 fully saturated rings. The molecule has 0 unspecified atom stereocenters. The van der Waals surface area contributed by atoms with Gasteiger partial charge in [-0.1, -0.05) is 23.3 Å². The van der Waals surface area contributed by atoms with Gasteiger partial charge in [0.1, 0.15) is 0 Å². The number of fused-ring (bicyclic) bond motifs is 1. The van der Waals surface area contributed by atoms with Gasteiger partial charge < -0.3 is 4.90 Å². The maximum Gasteiger partial charge on any atom is 0.258 e. The number of hydrogen-bond donors (Lipinski definition) is 1. The van der Waals surface area contributed by atoms with Gasteiger partial charge in [-0.3, -0.25) is 14.9 Å². The Morgan fingerprint density at radius 3 is 2.32 bits per heavy atom. The second kappa shape index (κ2) is 7.25. The fourth-order valence-electron chi connectivity index (χ4n) is 3.70. The van der Waals surface area contributed by atoms with Crippen molar-refractivity contribution in [2.75, 3.05) is 31.1 Å². The van der Waals surface area contributed by atoms with E-state index >= 15 is 0 Å². The zero-order valence-corrected chi connectivity index (χ0v) is 17.0. The second-order valence-electron chi connectivity index (χ2n) is 7.11. The molecule has 3 heterocycles. The molecule has 11 nitrogen and oxygen atoms in total. The molecule has 0 spiro atoms. The number of hydrogen-bond acceptors (Lipinski definition) is 8. The number of imide groups is 1. The molecule has 0 atom stereocenters. The molecule has 12 heteroatoms. The summed E-state index contributed by atoms with van der Waals surface area (Å²) in [5.41, 5.74) is 1.07. The van der Waals surface area contributed by atoms with E-state index in [4.69, 9.17) is 0 Å². The van der Waals surface area contributed by atoms with Crippen LogP contribution in [0.5, 0.6) is 0 Å². The highest BCUT2D eigenvalue weighted by Crippen LogP contribution is 2.25. The lowest BCUT2D eigenvalue weighted by atomic mass is 10.1. The highest BCUT2D eigenvalue weighted by atomic mass is 32.2. The number of anilines is 1. The minimum atomic E-state index is -3.82. The summed E-state index contributed by atoms with van der Waals surface area (Å²) >= 11 is 0. The van der Waals surface area contributed by atoms with Crippen LogP contribution >= 0.6 is 0 Å². The fourth-order valence-corrected chi connectivity index (χ4v) is 5.15. The second-order valence-corrected chi connectivity index (χ2v) is 9.05. The maximum absolute atomic E-state index is 13.1. The van der Waals surface area contributed by atoms with E-state index in [1.54, 1.807) is 4.68 Å². The van der Waals surface area contributed by atoms with Crippen LogP contribution < -0.4 is 10.2 Å². The number of rotatable bonds is 4. The molecule has 1 aromatic heterocycles. The van der Waals surface area contributed by atoms with Gasteiger partial charge in [0.25, 0.3) is 11.8 Å². The number of nitrogens with zero attached hydrogens (tertiary/aromatic N) is 6. The van der Waals surface area contributed by atoms with Crippen molar-refractivity contribution in [3.05, 3.63) is 59.7 Å². The van der Waals surface area contributed by atoms with Gasteiger partial charge in [0, 0.05) is 26.2 Å². The number of para-hydroxylation sites is 1. The van der Waals surface area contributed by atoms with Crippen LogP contribution in [0.3, 0.4) is 0 Å². The van der Waals surface area contributed by atoms with Crippen molar-refractivity contribution >= 4 is 27.8 Å². The highest BCUT2D eigenvalue weighted by molar-refractivity contribution is 7.89. The van der Waals surface area contributed by atoms with Gasteiger partial charge in [-0.15, -0.1) is 0 Å². The SMILES string of the molecule is O=C1NC(=O)c2cc(S(=O)(=O)N3CCN(c4nnnn4-c4ccccc4)CC3)ccc21. The van der Waals surface area contributed by atoms with Crippen LogP contribution in [0.15, 0.2) is 53.4 Å². The predicted molar refractivity (Wildman–Crippen MR) is 108 cm³/mol. The van der Waals surface area contributed by atoms with Crippen LogP contribution in [0.4, 0.5) is 5.95 Å². The minimum absolute atomic E-state index is 0.0151. The van der Waals surface area contributed by atoms with E-state index in [0.717, 1.165) is 5.69 Å². The topological polar surface area (TPSA) is 130 Å². The summed E-state index contributed by atoms with van der Waals surface area (Å²) in [4.78, 5) is 25.5. The Morgan fingerprint density at radius 1 is 0.871 bits per heavy atom. The lowest BCUT2D eigenvalue weighted by Crippen LogP contribution is -2.49. The Bertz CT molecular complexity index is 1280. The molecule has 2 aliphatic heterocycles. The van der Waals surface area contributed by atoms with Crippen molar-refractivity contribution in [1.82, 2.24) is 29.8 Å². The molecule has 2 aromatic carbocycles. The highest BCUT2D eigenvalue weighted by Gasteiger charge is 2.33. The normalized spacial score (nSPS) is 17.0. The molecule has 1 N–H and O–H groups in total. The fraction of sp³-hybridized carbons (Fsp3) is 0.211. The number of benzene rings is 2. The number of sulfonamides is 1. The first-order valence-electron chi connectivity index (χ1n) is 9.54. The summed E-state index contributed by atoms with van der Waals surface area (Å²) in [6.07, 6.45) is 0. The molecule has 1 saturated heterocycles. The number of nitrogens with one attached hydrogen (secondary N) is 1. The van der Waals surface area contributed by atoms with Gasteiger partial charge in [-0.25, -0.2) is 8.42 Å². The summed E-state index contributed by atoms with van der Waals surface area (Å²) in [6.45, 7) is 1.26.